The number of imidazole rings is 1. The molecular weight excluding hydrogens is 370 g/mol. The van der Waals surface area contributed by atoms with Gasteiger partial charge >= 0.3 is 5.97 Å². The molecule has 3 heterocycles. The molecule has 0 unspecified atom stereocenters. The van der Waals surface area contributed by atoms with Gasteiger partial charge in [0.15, 0.2) is 10.7 Å². The lowest BCUT2D eigenvalue weighted by Gasteiger charge is -2.09. The summed E-state index contributed by atoms with van der Waals surface area (Å²) in [4.78, 5) is 16.1. The van der Waals surface area contributed by atoms with Crippen molar-refractivity contribution in [3.63, 3.8) is 0 Å². The normalized spacial score (nSPS) is 14.8. The van der Waals surface area contributed by atoms with E-state index in [4.69, 9.17) is 11.2 Å². The Bertz CT molecular complexity index is 1030. The molecule has 0 atom stereocenters. The first kappa shape index (κ1) is 19.0. The molecule has 10 heteroatoms. The first-order valence-corrected chi connectivity index (χ1v) is 9.92. The summed E-state index contributed by atoms with van der Waals surface area (Å²) in [7, 11) is -3.94. The number of esters is 1. The van der Waals surface area contributed by atoms with Crippen LogP contribution in [-0.4, -0.2) is 42.6 Å². The number of ether oxygens (including phenoxy) is 1. The molecule has 0 aliphatic carbocycles. The zero-order chi connectivity index (χ0) is 19.5. The zero-order valence-electron chi connectivity index (χ0n) is 14.8. The summed E-state index contributed by atoms with van der Waals surface area (Å²) in [6, 6.07) is 4.92. The zero-order valence-corrected chi connectivity index (χ0v) is 15.6. The number of terminal acetylenes is 1. The Labute approximate surface area is 156 Å². The van der Waals surface area contributed by atoms with Crippen LogP contribution in [-0.2, 0) is 14.8 Å². The summed E-state index contributed by atoms with van der Waals surface area (Å²) in [5, 5.41) is 7.72. The number of carbonyl (C=O) groups excluding carboxylic acids is 1. The van der Waals surface area contributed by atoms with Crippen molar-refractivity contribution in [1.29, 1.82) is 0 Å². The van der Waals surface area contributed by atoms with Gasteiger partial charge in [0.05, 0.1) is 12.1 Å². The molecule has 1 aliphatic rings. The molecule has 142 valence electrons. The SMILES string of the molecule is C#CCCC1(CCNS(=O)(=O)c2nc(C(=O)OCC)n3ccccc23)N=N1. The summed E-state index contributed by atoms with van der Waals surface area (Å²) in [6.45, 7) is 1.95. The fourth-order valence-electron chi connectivity index (χ4n) is 2.67. The van der Waals surface area contributed by atoms with E-state index >= 15 is 0 Å². The molecule has 0 radical (unpaired) electrons. The van der Waals surface area contributed by atoms with E-state index in [1.807, 2.05) is 0 Å². The lowest BCUT2D eigenvalue weighted by molar-refractivity contribution is 0.0511. The lowest BCUT2D eigenvalue weighted by Crippen LogP contribution is -2.29. The fraction of sp³-hybridized carbons (Fsp3) is 0.412. The second-order valence-corrected chi connectivity index (χ2v) is 7.63. The van der Waals surface area contributed by atoms with Gasteiger partial charge in [-0.15, -0.1) is 12.3 Å². The van der Waals surface area contributed by atoms with Crippen LogP contribution in [0.1, 0.15) is 36.8 Å². The number of carbonyl (C=O) groups is 1. The molecule has 2 aromatic heterocycles. The number of hydrogen-bond donors (Lipinski definition) is 1. The summed E-state index contributed by atoms with van der Waals surface area (Å²) < 4.78 is 34.3. The molecule has 1 aliphatic heterocycles. The highest BCUT2D eigenvalue weighted by atomic mass is 32.2. The van der Waals surface area contributed by atoms with Crippen molar-refractivity contribution in [1.82, 2.24) is 14.1 Å². The van der Waals surface area contributed by atoms with Crippen molar-refractivity contribution in [2.45, 2.75) is 36.9 Å². The second-order valence-electron chi connectivity index (χ2n) is 5.95. The van der Waals surface area contributed by atoms with E-state index < -0.39 is 21.7 Å². The predicted octanol–water partition coefficient (Wildman–Crippen LogP) is 1.75. The molecule has 27 heavy (non-hydrogen) atoms. The maximum Gasteiger partial charge on any atom is 0.374 e. The molecule has 2 aromatic rings. The van der Waals surface area contributed by atoms with Crippen molar-refractivity contribution < 1.29 is 17.9 Å². The van der Waals surface area contributed by atoms with Crippen molar-refractivity contribution in [2.75, 3.05) is 13.2 Å². The van der Waals surface area contributed by atoms with Gasteiger partial charge in [-0.3, -0.25) is 4.40 Å². The largest absolute Gasteiger partial charge is 0.460 e. The highest BCUT2D eigenvalue weighted by Gasteiger charge is 2.39. The van der Waals surface area contributed by atoms with Gasteiger partial charge in [0.2, 0.25) is 5.82 Å². The average Bonchev–Trinajstić information content (AvgIpc) is 3.29. The molecule has 0 saturated carbocycles. The number of pyridine rings is 1. The first-order chi connectivity index (χ1) is 12.9. The lowest BCUT2D eigenvalue weighted by atomic mass is 10.1. The number of nitrogens with one attached hydrogen (secondary N) is 1. The second kappa shape index (κ2) is 7.46. The molecule has 3 rings (SSSR count). The van der Waals surface area contributed by atoms with Crippen molar-refractivity contribution in [3.8, 4) is 12.3 Å². The molecule has 9 nitrogen and oxygen atoms in total. The Morgan fingerprint density at radius 2 is 2.15 bits per heavy atom. The van der Waals surface area contributed by atoms with E-state index in [-0.39, 0.29) is 29.5 Å². The Morgan fingerprint density at radius 1 is 1.37 bits per heavy atom. The number of sulfonamides is 1. The van der Waals surface area contributed by atoms with Gasteiger partial charge in [-0.1, -0.05) is 6.07 Å². The molecule has 0 saturated heterocycles. The third-order valence-electron chi connectivity index (χ3n) is 4.10. The minimum atomic E-state index is -3.94. The minimum Gasteiger partial charge on any atom is -0.460 e. The average molecular weight is 389 g/mol. The summed E-state index contributed by atoms with van der Waals surface area (Å²) in [6.07, 6.45) is 8.32. The van der Waals surface area contributed by atoms with Gasteiger partial charge in [-0.05, 0) is 19.1 Å². The minimum absolute atomic E-state index is 0.0921. The van der Waals surface area contributed by atoms with Gasteiger partial charge < -0.3 is 4.74 Å². The van der Waals surface area contributed by atoms with Gasteiger partial charge in [-0.2, -0.15) is 10.2 Å². The van der Waals surface area contributed by atoms with Crippen molar-refractivity contribution >= 4 is 21.5 Å². The molecule has 1 N–H and O–H groups in total. The number of rotatable bonds is 9. The van der Waals surface area contributed by atoms with Gasteiger partial charge in [-0.25, -0.2) is 22.9 Å². The van der Waals surface area contributed by atoms with E-state index in [1.165, 1.54) is 4.40 Å². The standard InChI is InChI=1S/C17H19N5O4S/c1-3-5-9-17(20-21-17)10-11-18-27(24,25)15-13-8-6-7-12-22(13)14(19-15)16(23)26-4-2/h1,6-8,12,18H,4-5,9-11H2,2H3. The summed E-state index contributed by atoms with van der Waals surface area (Å²) in [5.74, 6) is 1.74. The van der Waals surface area contributed by atoms with Crippen LogP contribution >= 0.6 is 0 Å². The van der Waals surface area contributed by atoms with Crippen LogP contribution in [0, 0.1) is 12.3 Å². The van der Waals surface area contributed by atoms with Crippen LogP contribution < -0.4 is 4.72 Å². The number of fused-ring (bicyclic) bond motifs is 1. The van der Waals surface area contributed by atoms with E-state index in [2.05, 4.69) is 25.9 Å². The molecule has 0 amide bonds. The molecular formula is C17H19N5O4S. The smallest absolute Gasteiger partial charge is 0.374 e. The van der Waals surface area contributed by atoms with Crippen LogP contribution in [0.2, 0.25) is 0 Å². The molecule has 0 bridgehead atoms. The van der Waals surface area contributed by atoms with E-state index in [1.54, 1.807) is 31.3 Å². The third-order valence-corrected chi connectivity index (χ3v) is 5.49. The van der Waals surface area contributed by atoms with Crippen LogP contribution in [0.4, 0.5) is 0 Å². The van der Waals surface area contributed by atoms with Gasteiger partial charge in [0.1, 0.15) is 0 Å². The topological polar surface area (TPSA) is 114 Å². The Kier molecular flexibility index (Phi) is 5.25. The highest BCUT2D eigenvalue weighted by Crippen LogP contribution is 2.36. The summed E-state index contributed by atoms with van der Waals surface area (Å²) >= 11 is 0. The fourth-order valence-corrected chi connectivity index (χ4v) is 3.82. The maximum atomic E-state index is 12.7. The van der Waals surface area contributed by atoms with Crippen molar-refractivity contribution in [3.05, 3.63) is 30.2 Å². The molecule has 0 aromatic carbocycles. The predicted molar refractivity (Wildman–Crippen MR) is 96.6 cm³/mol. The van der Waals surface area contributed by atoms with Crippen LogP contribution in [0.25, 0.3) is 5.52 Å². The van der Waals surface area contributed by atoms with E-state index in [0.29, 0.717) is 19.3 Å². The van der Waals surface area contributed by atoms with Crippen LogP contribution in [0.5, 0.6) is 0 Å². The quantitative estimate of drug-likeness (QED) is 0.518. The Balaban J connectivity index is 1.79. The van der Waals surface area contributed by atoms with Gasteiger partial charge in [0.25, 0.3) is 10.0 Å². The molecule has 0 fully saturated rings. The van der Waals surface area contributed by atoms with E-state index in [9.17, 15) is 13.2 Å². The number of hydrogen-bond acceptors (Lipinski definition) is 7. The maximum absolute atomic E-state index is 12.7. The Morgan fingerprint density at radius 3 is 2.81 bits per heavy atom. The third kappa shape index (κ3) is 3.99. The summed E-state index contributed by atoms with van der Waals surface area (Å²) in [5.41, 5.74) is -0.294. The highest BCUT2D eigenvalue weighted by molar-refractivity contribution is 7.89. The molecule has 0 spiro atoms. The monoisotopic (exact) mass is 389 g/mol. The van der Waals surface area contributed by atoms with Crippen LogP contribution in [0.3, 0.4) is 0 Å². The van der Waals surface area contributed by atoms with Gasteiger partial charge in [0, 0.05) is 32.0 Å². The van der Waals surface area contributed by atoms with Crippen molar-refractivity contribution in [2.24, 2.45) is 10.2 Å². The number of aromatic nitrogens is 2. The van der Waals surface area contributed by atoms with E-state index in [0.717, 1.165) is 0 Å². The number of nitrogens with zero attached hydrogens (tertiary/aromatic N) is 4. The Hall–Kier alpha value is -2.77. The first-order valence-electron chi connectivity index (χ1n) is 8.44. The van der Waals surface area contributed by atoms with Crippen LogP contribution in [0.15, 0.2) is 39.7 Å².